The summed E-state index contributed by atoms with van der Waals surface area (Å²) in [6.07, 6.45) is 0.751. The Morgan fingerprint density at radius 1 is 1.18 bits per heavy atom. The predicted octanol–water partition coefficient (Wildman–Crippen LogP) is 2.22. The van der Waals surface area contributed by atoms with Gasteiger partial charge in [-0.25, -0.2) is 12.8 Å². The fraction of sp³-hybridized carbons (Fsp3) is 0.235. The van der Waals surface area contributed by atoms with E-state index in [2.05, 4.69) is 0 Å². The van der Waals surface area contributed by atoms with Crippen LogP contribution in [-0.4, -0.2) is 34.9 Å². The molecule has 1 aliphatic rings. The van der Waals surface area contributed by atoms with Gasteiger partial charge in [-0.1, -0.05) is 0 Å². The minimum absolute atomic E-state index is 0.102. The van der Waals surface area contributed by atoms with E-state index in [1.165, 1.54) is 61.2 Å². The van der Waals surface area contributed by atoms with Gasteiger partial charge in [-0.3, -0.25) is 13.9 Å². The third-order valence-corrected chi connectivity index (χ3v) is 6.47. The molecule has 1 amide bonds. The van der Waals surface area contributed by atoms with Crippen LogP contribution in [0, 0.1) is 5.82 Å². The molecule has 0 aliphatic carbocycles. The van der Waals surface area contributed by atoms with E-state index in [4.69, 9.17) is 4.74 Å². The van der Waals surface area contributed by atoms with Crippen LogP contribution in [0.25, 0.3) is 0 Å². The van der Waals surface area contributed by atoms with E-state index < -0.39 is 38.6 Å². The maximum absolute atomic E-state index is 13.3. The van der Waals surface area contributed by atoms with Gasteiger partial charge in [0.1, 0.15) is 11.6 Å². The molecule has 0 saturated carbocycles. The van der Waals surface area contributed by atoms with Gasteiger partial charge in [0.05, 0.1) is 28.9 Å². The summed E-state index contributed by atoms with van der Waals surface area (Å²) in [7, 11) is -4.11. The summed E-state index contributed by atoms with van der Waals surface area (Å²) in [5.74, 6) is -0.793. The molecule has 1 heterocycles. The Hall–Kier alpha value is -2.50. The number of anilines is 3. The van der Waals surface area contributed by atoms with Crippen molar-refractivity contribution in [3.63, 3.8) is 0 Å². The lowest BCUT2D eigenvalue weighted by Gasteiger charge is -2.39. The van der Waals surface area contributed by atoms with Gasteiger partial charge in [-0.05, 0) is 50.2 Å². The van der Waals surface area contributed by atoms with Gasteiger partial charge < -0.3 is 9.29 Å². The molecule has 8 nitrogen and oxygen atoms in total. The molecule has 150 valence electrons. The van der Waals surface area contributed by atoms with Crippen LogP contribution in [0.4, 0.5) is 21.5 Å². The maximum atomic E-state index is 13.3. The van der Waals surface area contributed by atoms with Crippen LogP contribution in [0.3, 0.4) is 0 Å². The van der Waals surface area contributed by atoms with Crippen molar-refractivity contribution < 1.29 is 31.1 Å². The van der Waals surface area contributed by atoms with Crippen molar-refractivity contribution in [1.82, 2.24) is 0 Å². The Labute approximate surface area is 164 Å². The largest absolute Gasteiger partial charge is 0.754 e. The Morgan fingerprint density at radius 3 is 2.32 bits per heavy atom. The molecule has 0 N–H and O–H groups in total. The number of rotatable bonds is 4. The average molecular weight is 427 g/mol. The molecule has 1 atom stereocenters. The number of fused-ring (bicyclic) bond motifs is 1. The smallest absolute Gasteiger partial charge is 0.275 e. The molecular formula is C17H16FN2O6S2-. The third-order valence-electron chi connectivity index (χ3n) is 4.00. The molecule has 11 heteroatoms. The van der Waals surface area contributed by atoms with Crippen molar-refractivity contribution in [2.75, 3.05) is 14.9 Å². The second-order valence-corrected chi connectivity index (χ2v) is 9.45. The Kier molecular flexibility index (Phi) is 4.94. The molecule has 3 rings (SSSR count). The molecule has 28 heavy (non-hydrogen) atoms. The summed E-state index contributed by atoms with van der Waals surface area (Å²) < 4.78 is 65.7. The van der Waals surface area contributed by atoms with Crippen LogP contribution in [0.1, 0.15) is 13.8 Å². The van der Waals surface area contributed by atoms with E-state index in [0.29, 0.717) is 5.69 Å². The number of halogens is 1. The molecule has 0 aromatic heterocycles. The normalized spacial score (nSPS) is 16.9. The highest BCUT2D eigenvalue weighted by atomic mass is 32.3. The summed E-state index contributed by atoms with van der Waals surface area (Å²) in [4.78, 5) is 14.2. The first kappa shape index (κ1) is 20.2. The molecule has 2 aromatic carbocycles. The van der Waals surface area contributed by atoms with E-state index in [1.807, 2.05) is 0 Å². The quantitative estimate of drug-likeness (QED) is 0.693. The number of sulfonamides is 1. The first-order chi connectivity index (χ1) is 12.9. The molecule has 0 saturated heterocycles. The van der Waals surface area contributed by atoms with Crippen molar-refractivity contribution in [3.05, 3.63) is 48.3 Å². The number of carbonyl (C=O) groups excluding carboxylic acids is 1. The zero-order valence-electron chi connectivity index (χ0n) is 15.1. The summed E-state index contributed by atoms with van der Waals surface area (Å²) in [6, 6.07) is 9.06. The Balaban J connectivity index is 2.18. The highest BCUT2D eigenvalue weighted by molar-refractivity contribution is 8.05. The van der Waals surface area contributed by atoms with Gasteiger partial charge in [0, 0.05) is 11.8 Å². The fourth-order valence-corrected chi connectivity index (χ4v) is 4.48. The molecule has 0 fully saturated rings. The van der Waals surface area contributed by atoms with Crippen LogP contribution >= 0.6 is 0 Å². The molecule has 1 unspecified atom stereocenters. The number of amides is 1. The molecule has 0 bridgehead atoms. The summed E-state index contributed by atoms with van der Waals surface area (Å²) in [5, 5.41) is 0. The Bertz CT molecular complexity index is 1070. The minimum atomic E-state index is -4.11. The highest BCUT2D eigenvalue weighted by Gasteiger charge is 2.42. The molecule has 2 aromatic rings. The van der Waals surface area contributed by atoms with Gasteiger partial charge in [0.2, 0.25) is 10.0 Å². The highest BCUT2D eigenvalue weighted by Crippen LogP contribution is 2.44. The van der Waals surface area contributed by atoms with Crippen molar-refractivity contribution in [1.29, 1.82) is 0 Å². The number of hydrogen-bond acceptors (Lipinski definition) is 6. The second kappa shape index (κ2) is 6.83. The fourth-order valence-electron chi connectivity index (χ4n) is 2.81. The molecule has 0 spiro atoms. The SMILES string of the molecule is CC1(C)Oc2cc(N(S(=O)[O-])S(C)(=O)=O)ccc2N(c2ccc(F)cc2)C1=O. The zero-order chi connectivity index (χ0) is 20.9. The lowest BCUT2D eigenvalue weighted by molar-refractivity contribution is -0.131. The number of nitrogens with zero attached hydrogens (tertiary/aromatic N) is 2. The van der Waals surface area contributed by atoms with E-state index >= 15 is 0 Å². The molecular weight excluding hydrogens is 411 g/mol. The Morgan fingerprint density at radius 2 is 1.79 bits per heavy atom. The monoisotopic (exact) mass is 427 g/mol. The van der Waals surface area contributed by atoms with Gasteiger partial charge in [0.25, 0.3) is 5.91 Å². The molecule has 0 radical (unpaired) electrons. The minimum Gasteiger partial charge on any atom is -0.754 e. The summed E-state index contributed by atoms with van der Waals surface area (Å²) >= 11 is -3.08. The topological polar surface area (TPSA) is 107 Å². The average Bonchev–Trinajstić information content (AvgIpc) is 2.55. The second-order valence-electron chi connectivity index (χ2n) is 6.59. The van der Waals surface area contributed by atoms with Crippen LogP contribution < -0.4 is 13.3 Å². The lowest BCUT2D eigenvalue weighted by Crippen LogP contribution is -2.50. The summed E-state index contributed by atoms with van der Waals surface area (Å²) in [6.45, 7) is 3.03. The molecule has 1 aliphatic heterocycles. The van der Waals surface area contributed by atoms with E-state index in [-0.39, 0.29) is 20.8 Å². The van der Waals surface area contributed by atoms with Crippen LogP contribution in [0.5, 0.6) is 5.75 Å². The lowest BCUT2D eigenvalue weighted by atomic mass is 10.0. The standard InChI is InChI=1S/C17H17FN2O6S2/c1-17(2)16(21)19(12-6-4-11(18)5-7-12)14-9-8-13(10-15(14)26-17)20(27(22)23)28(3,24)25/h4-10H,1-3H3,(H,22,23)/p-1. The maximum Gasteiger partial charge on any atom is 0.275 e. The van der Waals surface area contributed by atoms with Crippen LogP contribution in [0.15, 0.2) is 42.5 Å². The van der Waals surface area contributed by atoms with Crippen LogP contribution in [-0.2, 0) is 26.1 Å². The first-order valence-corrected chi connectivity index (χ1v) is 10.8. The number of carbonyl (C=O) groups is 1. The van der Waals surface area contributed by atoms with Gasteiger partial charge in [-0.2, -0.15) is 3.71 Å². The number of hydrogen-bond donors (Lipinski definition) is 0. The zero-order valence-corrected chi connectivity index (χ0v) is 16.7. The predicted molar refractivity (Wildman–Crippen MR) is 101 cm³/mol. The van der Waals surface area contributed by atoms with Gasteiger partial charge >= 0.3 is 0 Å². The van der Waals surface area contributed by atoms with Crippen molar-refractivity contribution in [2.24, 2.45) is 0 Å². The van der Waals surface area contributed by atoms with Gasteiger partial charge in [-0.15, -0.1) is 0 Å². The van der Waals surface area contributed by atoms with Crippen molar-refractivity contribution in [2.45, 2.75) is 19.4 Å². The van der Waals surface area contributed by atoms with E-state index in [1.54, 1.807) is 0 Å². The third kappa shape index (κ3) is 3.60. The number of benzene rings is 2. The van der Waals surface area contributed by atoms with Crippen LogP contribution in [0.2, 0.25) is 0 Å². The van der Waals surface area contributed by atoms with Crippen molar-refractivity contribution in [3.8, 4) is 5.75 Å². The van der Waals surface area contributed by atoms with E-state index in [0.717, 1.165) is 6.26 Å². The van der Waals surface area contributed by atoms with Crippen molar-refractivity contribution >= 4 is 44.3 Å². The van der Waals surface area contributed by atoms with E-state index in [9.17, 15) is 26.4 Å². The number of ether oxygens (including phenoxy) is 1. The van der Waals surface area contributed by atoms with Gasteiger partial charge in [0.15, 0.2) is 5.60 Å². The summed E-state index contributed by atoms with van der Waals surface area (Å²) in [5.41, 5.74) is -0.847. The first-order valence-electron chi connectivity index (χ1n) is 7.95.